The summed E-state index contributed by atoms with van der Waals surface area (Å²) in [5.41, 5.74) is 2.37. The predicted molar refractivity (Wildman–Crippen MR) is 93.3 cm³/mol. The Morgan fingerprint density at radius 1 is 1.12 bits per heavy atom. The van der Waals surface area contributed by atoms with E-state index in [0.717, 1.165) is 11.3 Å². The molecule has 124 valence electrons. The summed E-state index contributed by atoms with van der Waals surface area (Å²) in [6.45, 7) is 0.426. The lowest BCUT2D eigenvalue weighted by Gasteiger charge is -2.17. The molecule has 1 aliphatic heterocycles. The maximum absolute atomic E-state index is 12.0. The van der Waals surface area contributed by atoms with Gasteiger partial charge in [-0.3, -0.25) is 4.79 Å². The molecule has 0 fully saturated rings. The lowest BCUT2D eigenvalue weighted by molar-refractivity contribution is -0.116. The zero-order valence-electron chi connectivity index (χ0n) is 12.9. The molecule has 2 aromatic rings. The molecule has 0 saturated heterocycles. The number of hydrogen-bond donors (Lipinski definition) is 1. The van der Waals surface area contributed by atoms with Gasteiger partial charge < -0.3 is 14.8 Å². The summed E-state index contributed by atoms with van der Waals surface area (Å²) in [7, 11) is 0. The summed E-state index contributed by atoms with van der Waals surface area (Å²) < 4.78 is 11.5. The van der Waals surface area contributed by atoms with Gasteiger partial charge in [0.25, 0.3) is 0 Å². The Morgan fingerprint density at radius 2 is 1.96 bits per heavy atom. The first-order valence-electron chi connectivity index (χ1n) is 7.61. The zero-order valence-corrected chi connectivity index (χ0v) is 14.5. The fourth-order valence-electron chi connectivity index (χ4n) is 2.45. The van der Waals surface area contributed by atoms with Crippen LogP contribution in [0.25, 0.3) is 0 Å². The average Bonchev–Trinajstić information content (AvgIpc) is 2.59. The van der Waals surface area contributed by atoms with Crippen LogP contribution in [0.3, 0.4) is 0 Å². The standard InChI is InChI=1S/C18H16BrNO4/c19-15-4-2-1-3-14(15)18(22)24-10-9-23-13-6-7-16-12(11-13)5-8-17(21)20-16/h1-4,6-7,11H,5,8-10H2,(H,20,21). The summed E-state index contributed by atoms with van der Waals surface area (Å²) >= 11 is 3.32. The Bertz CT molecular complexity index is 775. The number of carbonyl (C=O) groups excluding carboxylic acids is 2. The molecule has 2 aromatic carbocycles. The number of amides is 1. The van der Waals surface area contributed by atoms with Gasteiger partial charge in [0.15, 0.2) is 0 Å². The van der Waals surface area contributed by atoms with Gasteiger partial charge in [-0.1, -0.05) is 12.1 Å². The van der Waals surface area contributed by atoms with Gasteiger partial charge in [0.05, 0.1) is 5.56 Å². The first kappa shape index (κ1) is 16.5. The van der Waals surface area contributed by atoms with Gasteiger partial charge in [-0.05, 0) is 58.2 Å². The summed E-state index contributed by atoms with van der Waals surface area (Å²) in [5, 5.41) is 2.82. The van der Waals surface area contributed by atoms with Crippen molar-refractivity contribution in [1.29, 1.82) is 0 Å². The lowest BCUT2D eigenvalue weighted by Crippen LogP contribution is -2.19. The molecule has 1 N–H and O–H groups in total. The van der Waals surface area contributed by atoms with E-state index in [1.54, 1.807) is 24.3 Å². The molecule has 0 aromatic heterocycles. The van der Waals surface area contributed by atoms with Gasteiger partial charge in [0, 0.05) is 16.6 Å². The number of anilines is 1. The molecule has 1 heterocycles. The minimum atomic E-state index is -0.390. The van der Waals surface area contributed by atoms with Crippen molar-refractivity contribution in [3.8, 4) is 5.75 Å². The van der Waals surface area contributed by atoms with Crippen molar-refractivity contribution in [2.24, 2.45) is 0 Å². The number of carbonyl (C=O) groups is 2. The molecule has 24 heavy (non-hydrogen) atoms. The summed E-state index contributed by atoms with van der Waals surface area (Å²) in [4.78, 5) is 23.3. The van der Waals surface area contributed by atoms with Crippen LogP contribution in [0.1, 0.15) is 22.3 Å². The molecule has 0 atom stereocenters. The molecule has 5 nitrogen and oxygen atoms in total. The third-order valence-corrected chi connectivity index (χ3v) is 4.34. The van der Waals surface area contributed by atoms with Gasteiger partial charge in [0.2, 0.25) is 5.91 Å². The molecular weight excluding hydrogens is 374 g/mol. The second-order valence-corrected chi connectivity index (χ2v) is 6.19. The molecule has 3 rings (SSSR count). The third kappa shape index (κ3) is 3.94. The molecule has 0 bridgehead atoms. The Balaban J connectivity index is 1.49. The molecule has 0 saturated carbocycles. The van der Waals surface area contributed by atoms with Gasteiger partial charge in [-0.15, -0.1) is 0 Å². The van der Waals surface area contributed by atoms with E-state index in [0.29, 0.717) is 28.6 Å². The van der Waals surface area contributed by atoms with Crippen molar-refractivity contribution in [2.75, 3.05) is 18.5 Å². The molecule has 6 heteroatoms. The number of ether oxygens (including phenoxy) is 2. The van der Waals surface area contributed by atoms with E-state index in [2.05, 4.69) is 21.2 Å². The van der Waals surface area contributed by atoms with Crippen LogP contribution >= 0.6 is 15.9 Å². The van der Waals surface area contributed by atoms with Crippen LogP contribution in [-0.4, -0.2) is 25.1 Å². The molecule has 1 amide bonds. The van der Waals surface area contributed by atoms with Crippen molar-refractivity contribution in [3.63, 3.8) is 0 Å². The largest absolute Gasteiger partial charge is 0.490 e. The highest BCUT2D eigenvalue weighted by Crippen LogP contribution is 2.26. The molecule has 1 aliphatic rings. The number of fused-ring (bicyclic) bond motifs is 1. The molecular formula is C18H16BrNO4. The van der Waals surface area contributed by atoms with E-state index in [9.17, 15) is 9.59 Å². The fourth-order valence-corrected chi connectivity index (χ4v) is 2.89. The number of hydrogen-bond acceptors (Lipinski definition) is 4. The molecule has 0 aliphatic carbocycles. The van der Waals surface area contributed by atoms with Gasteiger partial charge in [-0.2, -0.15) is 0 Å². The lowest BCUT2D eigenvalue weighted by atomic mass is 10.0. The van der Waals surface area contributed by atoms with Crippen LogP contribution in [0.4, 0.5) is 5.69 Å². The minimum Gasteiger partial charge on any atom is -0.490 e. The van der Waals surface area contributed by atoms with Crippen LogP contribution in [0.15, 0.2) is 46.9 Å². The number of benzene rings is 2. The normalized spacial score (nSPS) is 13.0. The van der Waals surface area contributed by atoms with Crippen molar-refractivity contribution in [2.45, 2.75) is 12.8 Å². The van der Waals surface area contributed by atoms with E-state index < -0.39 is 0 Å². The fraction of sp³-hybridized carbons (Fsp3) is 0.222. The van der Waals surface area contributed by atoms with E-state index in [1.807, 2.05) is 18.2 Å². The summed E-state index contributed by atoms with van der Waals surface area (Å²) in [6, 6.07) is 12.6. The Hall–Kier alpha value is -2.34. The van der Waals surface area contributed by atoms with Crippen molar-refractivity contribution in [1.82, 2.24) is 0 Å². The van der Waals surface area contributed by atoms with Crippen molar-refractivity contribution < 1.29 is 19.1 Å². The Labute approximate surface area is 148 Å². The van der Waals surface area contributed by atoms with Gasteiger partial charge >= 0.3 is 5.97 Å². The second kappa shape index (κ2) is 7.49. The highest BCUT2D eigenvalue weighted by atomic mass is 79.9. The number of esters is 1. The topological polar surface area (TPSA) is 64.6 Å². The average molecular weight is 390 g/mol. The van der Waals surface area contributed by atoms with Crippen molar-refractivity contribution in [3.05, 3.63) is 58.1 Å². The highest BCUT2D eigenvalue weighted by molar-refractivity contribution is 9.10. The van der Waals surface area contributed by atoms with E-state index in [1.165, 1.54) is 0 Å². The molecule has 0 unspecified atom stereocenters. The monoisotopic (exact) mass is 389 g/mol. The van der Waals surface area contributed by atoms with Crippen LogP contribution < -0.4 is 10.1 Å². The molecule has 0 radical (unpaired) electrons. The summed E-state index contributed by atoms with van der Waals surface area (Å²) in [6.07, 6.45) is 1.19. The second-order valence-electron chi connectivity index (χ2n) is 5.33. The van der Waals surface area contributed by atoms with E-state index in [-0.39, 0.29) is 25.1 Å². The zero-order chi connectivity index (χ0) is 16.9. The predicted octanol–water partition coefficient (Wildman–Crippen LogP) is 3.57. The SMILES string of the molecule is O=C1CCc2cc(OCCOC(=O)c3ccccc3Br)ccc2N1. The third-order valence-electron chi connectivity index (χ3n) is 3.65. The van der Waals surface area contributed by atoms with Crippen LogP contribution in [0.5, 0.6) is 5.75 Å². The first-order valence-corrected chi connectivity index (χ1v) is 8.40. The first-order chi connectivity index (χ1) is 11.6. The van der Waals surface area contributed by atoms with Crippen LogP contribution in [0, 0.1) is 0 Å². The number of aryl methyl sites for hydroxylation is 1. The van der Waals surface area contributed by atoms with Crippen LogP contribution in [-0.2, 0) is 16.0 Å². The quantitative estimate of drug-likeness (QED) is 0.626. The highest BCUT2D eigenvalue weighted by Gasteiger charge is 2.15. The number of halogens is 1. The Morgan fingerprint density at radius 3 is 2.79 bits per heavy atom. The number of rotatable bonds is 5. The van der Waals surface area contributed by atoms with Crippen LogP contribution in [0.2, 0.25) is 0 Å². The van der Waals surface area contributed by atoms with Gasteiger partial charge in [-0.25, -0.2) is 4.79 Å². The van der Waals surface area contributed by atoms with E-state index >= 15 is 0 Å². The number of nitrogens with one attached hydrogen (secondary N) is 1. The maximum Gasteiger partial charge on any atom is 0.339 e. The van der Waals surface area contributed by atoms with Gasteiger partial charge in [0.1, 0.15) is 19.0 Å². The summed E-state index contributed by atoms with van der Waals surface area (Å²) in [5.74, 6) is 0.344. The smallest absolute Gasteiger partial charge is 0.339 e. The van der Waals surface area contributed by atoms with Crippen molar-refractivity contribution >= 4 is 33.5 Å². The van der Waals surface area contributed by atoms with E-state index in [4.69, 9.17) is 9.47 Å². The minimum absolute atomic E-state index is 0.0372. The Kier molecular flexibility index (Phi) is 5.15. The molecule has 0 spiro atoms. The maximum atomic E-state index is 12.0.